The van der Waals surface area contributed by atoms with E-state index in [1.165, 1.54) is 27.3 Å². The summed E-state index contributed by atoms with van der Waals surface area (Å²) in [6.07, 6.45) is 3.19. The average Bonchev–Trinajstić information content (AvgIpc) is 3.22. The van der Waals surface area contributed by atoms with Crippen LogP contribution < -0.4 is 10.6 Å². The van der Waals surface area contributed by atoms with Crippen molar-refractivity contribution in [2.75, 3.05) is 31.1 Å². The van der Waals surface area contributed by atoms with Crippen LogP contribution in [-0.2, 0) is 7.05 Å². The van der Waals surface area contributed by atoms with Crippen molar-refractivity contribution in [3.63, 3.8) is 0 Å². The van der Waals surface area contributed by atoms with E-state index < -0.39 is 5.82 Å². The van der Waals surface area contributed by atoms with E-state index in [0.29, 0.717) is 27.9 Å². The van der Waals surface area contributed by atoms with Crippen molar-refractivity contribution in [3.05, 3.63) is 82.8 Å². The summed E-state index contributed by atoms with van der Waals surface area (Å²) >= 11 is 0. The molecule has 0 bridgehead atoms. The van der Waals surface area contributed by atoms with Crippen LogP contribution in [0.25, 0.3) is 27.9 Å². The fourth-order valence-corrected chi connectivity index (χ4v) is 5.41. The predicted octanol–water partition coefficient (Wildman–Crippen LogP) is 5.29. The summed E-state index contributed by atoms with van der Waals surface area (Å²) in [5.74, 6) is -0.711. The fraction of sp³-hybridized carbons (Fsp3) is 0.323. The van der Waals surface area contributed by atoms with E-state index in [0.717, 1.165) is 31.9 Å². The van der Waals surface area contributed by atoms with Crippen LogP contribution in [0.1, 0.15) is 26.3 Å². The molecule has 1 aliphatic rings. The van der Waals surface area contributed by atoms with E-state index in [2.05, 4.69) is 30.6 Å². The highest BCUT2D eigenvalue weighted by Gasteiger charge is 2.26. The first-order valence-electron chi connectivity index (χ1n) is 13.2. The third kappa shape index (κ3) is 5.04. The van der Waals surface area contributed by atoms with Gasteiger partial charge in [0, 0.05) is 68.0 Å². The molecule has 7 nitrogen and oxygen atoms in total. The third-order valence-electron chi connectivity index (χ3n) is 7.60. The molecule has 1 fully saturated rings. The number of aromatic nitrogens is 2. The van der Waals surface area contributed by atoms with Crippen molar-refractivity contribution in [1.29, 1.82) is 0 Å². The number of aryl methyl sites for hydroxylation is 2. The van der Waals surface area contributed by atoms with Crippen LogP contribution in [0.5, 0.6) is 11.5 Å². The van der Waals surface area contributed by atoms with Crippen molar-refractivity contribution >= 4 is 5.69 Å². The molecule has 2 heterocycles. The molecular formula is C31H35FN4O3. The van der Waals surface area contributed by atoms with Gasteiger partial charge in [0.25, 0.3) is 0 Å². The standard InChI is InChI=1S/C31H35FN4O3/c1-20-15-22(17-27(37)28(20)36-14-9-33(5)30(36)39)26-19-23(32)18-25(29(26)38)21-7-6-8-24(16-21)34-10-12-35(13-11-34)31(2,3)4/h6-9,14-19,37-38H,10-13H2,1-5H3. The number of hydrogen-bond acceptors (Lipinski definition) is 5. The number of phenolic OH excluding ortho intramolecular Hbond substituents is 2. The SMILES string of the molecule is Cc1cc(-c2cc(F)cc(-c3cccc(N4CCN(C(C)(C)C)CC4)c3)c2O)cc(O)c1-n1ccn(C)c1=O. The molecular weight excluding hydrogens is 495 g/mol. The van der Waals surface area contributed by atoms with Crippen LogP contribution in [0, 0.1) is 12.7 Å². The zero-order valence-electron chi connectivity index (χ0n) is 23.1. The molecule has 4 aromatic rings. The molecule has 0 aliphatic carbocycles. The number of rotatable bonds is 4. The largest absolute Gasteiger partial charge is 0.507 e. The molecule has 39 heavy (non-hydrogen) atoms. The zero-order valence-corrected chi connectivity index (χ0v) is 23.1. The number of hydrogen-bond donors (Lipinski definition) is 2. The summed E-state index contributed by atoms with van der Waals surface area (Å²) in [5.41, 5.74) is 3.61. The van der Waals surface area contributed by atoms with Gasteiger partial charge in [-0.2, -0.15) is 0 Å². The Bertz CT molecular complexity index is 1570. The maximum absolute atomic E-state index is 15.0. The number of anilines is 1. The molecule has 0 amide bonds. The van der Waals surface area contributed by atoms with Gasteiger partial charge in [-0.25, -0.2) is 9.18 Å². The number of halogens is 1. The zero-order chi connectivity index (χ0) is 28.1. The minimum absolute atomic E-state index is 0.0745. The molecule has 0 unspecified atom stereocenters. The first-order valence-corrected chi connectivity index (χ1v) is 13.2. The van der Waals surface area contributed by atoms with Crippen molar-refractivity contribution < 1.29 is 14.6 Å². The van der Waals surface area contributed by atoms with E-state index >= 15 is 0 Å². The lowest BCUT2D eigenvalue weighted by molar-refractivity contribution is 0.128. The second-order valence-electron chi connectivity index (χ2n) is 11.3. The second-order valence-corrected chi connectivity index (χ2v) is 11.3. The van der Waals surface area contributed by atoms with Gasteiger partial charge in [0.2, 0.25) is 0 Å². The van der Waals surface area contributed by atoms with Gasteiger partial charge in [0.1, 0.15) is 17.3 Å². The third-order valence-corrected chi connectivity index (χ3v) is 7.60. The molecule has 0 radical (unpaired) electrons. The van der Waals surface area contributed by atoms with Gasteiger partial charge in [0.05, 0.1) is 5.69 Å². The van der Waals surface area contributed by atoms with E-state index in [-0.39, 0.29) is 28.3 Å². The highest BCUT2D eigenvalue weighted by atomic mass is 19.1. The Morgan fingerprint density at radius 2 is 1.54 bits per heavy atom. The summed E-state index contributed by atoms with van der Waals surface area (Å²) in [6, 6.07) is 13.6. The molecule has 0 atom stereocenters. The van der Waals surface area contributed by atoms with Crippen LogP contribution in [0.3, 0.4) is 0 Å². The first-order chi connectivity index (χ1) is 18.4. The maximum Gasteiger partial charge on any atom is 0.332 e. The topological polar surface area (TPSA) is 73.9 Å². The Morgan fingerprint density at radius 1 is 0.872 bits per heavy atom. The smallest absolute Gasteiger partial charge is 0.332 e. The number of benzene rings is 3. The minimum atomic E-state index is -0.498. The van der Waals surface area contributed by atoms with Crippen LogP contribution in [-0.4, -0.2) is 56.0 Å². The van der Waals surface area contributed by atoms with Gasteiger partial charge < -0.3 is 19.7 Å². The van der Waals surface area contributed by atoms with Gasteiger partial charge in [-0.3, -0.25) is 9.47 Å². The van der Waals surface area contributed by atoms with E-state index in [1.54, 1.807) is 32.4 Å². The monoisotopic (exact) mass is 530 g/mol. The van der Waals surface area contributed by atoms with Crippen molar-refractivity contribution in [1.82, 2.24) is 14.0 Å². The molecule has 3 aromatic carbocycles. The molecule has 204 valence electrons. The van der Waals surface area contributed by atoms with Crippen LogP contribution >= 0.6 is 0 Å². The summed E-state index contributed by atoms with van der Waals surface area (Å²) in [5, 5.41) is 22.2. The normalized spacial score (nSPS) is 14.7. The van der Waals surface area contributed by atoms with Gasteiger partial charge in [-0.1, -0.05) is 12.1 Å². The first kappa shape index (κ1) is 26.6. The molecule has 0 saturated carbocycles. The molecule has 1 saturated heterocycles. The van der Waals surface area contributed by atoms with Gasteiger partial charge in [-0.05, 0) is 80.8 Å². The van der Waals surface area contributed by atoms with E-state index in [1.807, 2.05) is 24.3 Å². The number of imidazole rings is 1. The number of aromatic hydroxyl groups is 2. The van der Waals surface area contributed by atoms with Crippen molar-refractivity contribution in [3.8, 4) is 39.4 Å². The summed E-state index contributed by atoms with van der Waals surface area (Å²) in [6.45, 7) is 12.1. The second kappa shape index (κ2) is 9.93. The van der Waals surface area contributed by atoms with Crippen LogP contribution in [0.15, 0.2) is 65.7 Å². The van der Waals surface area contributed by atoms with Gasteiger partial charge >= 0.3 is 5.69 Å². The Labute approximate surface area is 228 Å². The van der Waals surface area contributed by atoms with E-state index in [9.17, 15) is 19.4 Å². The van der Waals surface area contributed by atoms with Crippen molar-refractivity contribution in [2.45, 2.75) is 33.2 Å². The number of phenols is 2. The Morgan fingerprint density at radius 3 is 2.13 bits per heavy atom. The van der Waals surface area contributed by atoms with Crippen LogP contribution in [0.2, 0.25) is 0 Å². The summed E-state index contributed by atoms with van der Waals surface area (Å²) < 4.78 is 17.7. The van der Waals surface area contributed by atoms with Crippen LogP contribution in [0.4, 0.5) is 10.1 Å². The molecule has 2 N–H and O–H groups in total. The number of piperazine rings is 1. The van der Waals surface area contributed by atoms with E-state index in [4.69, 9.17) is 0 Å². The minimum Gasteiger partial charge on any atom is -0.507 e. The fourth-order valence-electron chi connectivity index (χ4n) is 5.41. The summed E-state index contributed by atoms with van der Waals surface area (Å²) in [4.78, 5) is 17.2. The highest BCUT2D eigenvalue weighted by Crippen LogP contribution is 2.42. The molecule has 0 spiro atoms. The summed E-state index contributed by atoms with van der Waals surface area (Å²) in [7, 11) is 1.63. The highest BCUT2D eigenvalue weighted by molar-refractivity contribution is 5.84. The lowest BCUT2D eigenvalue weighted by Gasteiger charge is -2.43. The predicted molar refractivity (Wildman–Crippen MR) is 153 cm³/mol. The molecule has 5 rings (SSSR count). The van der Waals surface area contributed by atoms with Crippen molar-refractivity contribution in [2.24, 2.45) is 7.05 Å². The van der Waals surface area contributed by atoms with Gasteiger partial charge in [0.15, 0.2) is 0 Å². The van der Waals surface area contributed by atoms with Gasteiger partial charge in [-0.15, -0.1) is 0 Å². The molecule has 1 aliphatic heterocycles. The lowest BCUT2D eigenvalue weighted by Crippen LogP contribution is -2.53. The molecule has 1 aromatic heterocycles. The molecule has 8 heteroatoms. The quantitative estimate of drug-likeness (QED) is 0.375. The number of nitrogens with zero attached hydrogens (tertiary/aromatic N) is 4. The lowest BCUT2D eigenvalue weighted by atomic mass is 9.95. The Hall–Kier alpha value is -4.04. The maximum atomic E-state index is 15.0. The average molecular weight is 531 g/mol. The Kier molecular flexibility index (Phi) is 6.76. The Balaban J connectivity index is 1.50.